The molecule has 1 aliphatic carbocycles. The number of hydrogen-bond donors (Lipinski definition) is 0. The quantitative estimate of drug-likeness (QED) is 0.664. The van der Waals surface area contributed by atoms with E-state index in [-0.39, 0.29) is 5.92 Å². The van der Waals surface area contributed by atoms with Crippen LogP contribution >= 0.6 is 0 Å². The average Bonchev–Trinajstić information content (AvgIpc) is 2.26. The van der Waals surface area contributed by atoms with Gasteiger partial charge in [0, 0.05) is 12.3 Å². The summed E-state index contributed by atoms with van der Waals surface area (Å²) in [6.45, 7) is 6.32. The molecule has 1 rings (SSSR count). The van der Waals surface area contributed by atoms with Gasteiger partial charge in [-0.3, -0.25) is 4.79 Å². The molecule has 0 heterocycles. The van der Waals surface area contributed by atoms with Crippen LogP contribution in [-0.4, -0.2) is 5.78 Å². The van der Waals surface area contributed by atoms with Gasteiger partial charge in [0.25, 0.3) is 0 Å². The van der Waals surface area contributed by atoms with Crippen molar-refractivity contribution in [3.8, 4) is 0 Å². The fourth-order valence-corrected chi connectivity index (χ4v) is 2.56. The number of hydrogen-bond acceptors (Lipinski definition) is 1. The molecule has 1 aliphatic rings. The van der Waals surface area contributed by atoms with Crippen LogP contribution in [0.15, 0.2) is 0 Å². The van der Waals surface area contributed by atoms with Crippen molar-refractivity contribution in [1.29, 1.82) is 0 Å². The van der Waals surface area contributed by atoms with Crippen LogP contribution in [0.2, 0.25) is 0 Å². The number of Topliss-reactive ketones (excluding diaryl/α,β-unsaturated/α-hetero) is 1. The zero-order valence-electron chi connectivity index (χ0n) is 10.6. The zero-order chi connectivity index (χ0) is 11.3. The molecule has 0 N–H and O–H groups in total. The van der Waals surface area contributed by atoms with Crippen molar-refractivity contribution in [1.82, 2.24) is 0 Å². The summed E-state index contributed by atoms with van der Waals surface area (Å²) in [6, 6.07) is 0. The van der Waals surface area contributed by atoms with Crippen molar-refractivity contribution in [3.05, 3.63) is 0 Å². The Morgan fingerprint density at radius 1 is 1.13 bits per heavy atom. The molecule has 0 aliphatic heterocycles. The predicted molar refractivity (Wildman–Crippen MR) is 64.8 cm³/mol. The molecule has 1 fully saturated rings. The molecule has 0 atom stereocenters. The van der Waals surface area contributed by atoms with Crippen LogP contribution in [0.4, 0.5) is 0 Å². The topological polar surface area (TPSA) is 17.1 Å². The molecule has 0 radical (unpaired) electrons. The van der Waals surface area contributed by atoms with Gasteiger partial charge in [0.05, 0.1) is 0 Å². The van der Waals surface area contributed by atoms with E-state index in [0.29, 0.717) is 5.78 Å². The lowest BCUT2D eigenvalue weighted by atomic mass is 9.78. The lowest BCUT2D eigenvalue weighted by molar-refractivity contribution is -0.122. The van der Waals surface area contributed by atoms with Gasteiger partial charge in [0.2, 0.25) is 0 Å². The van der Waals surface area contributed by atoms with Crippen LogP contribution in [0.25, 0.3) is 0 Å². The van der Waals surface area contributed by atoms with E-state index in [0.717, 1.165) is 24.7 Å². The largest absolute Gasteiger partial charge is 0.299 e. The Balaban J connectivity index is 2.16. The highest BCUT2D eigenvalue weighted by Gasteiger charge is 2.20. The van der Waals surface area contributed by atoms with E-state index in [1.165, 1.54) is 32.1 Å². The Labute approximate surface area is 94.6 Å². The van der Waals surface area contributed by atoms with Crippen LogP contribution in [0, 0.1) is 17.8 Å². The minimum Gasteiger partial charge on any atom is -0.299 e. The second-order valence-electron chi connectivity index (χ2n) is 5.45. The first-order valence-electron chi connectivity index (χ1n) is 6.66. The highest BCUT2D eigenvalue weighted by atomic mass is 16.1. The third-order valence-corrected chi connectivity index (χ3v) is 3.99. The molecule has 0 saturated heterocycles. The third-order valence-electron chi connectivity index (χ3n) is 3.99. The minimum absolute atomic E-state index is 0.233. The van der Waals surface area contributed by atoms with Crippen LogP contribution in [0.1, 0.15) is 65.7 Å². The summed E-state index contributed by atoms with van der Waals surface area (Å²) in [4.78, 5) is 11.5. The van der Waals surface area contributed by atoms with E-state index in [1.54, 1.807) is 0 Å². The van der Waals surface area contributed by atoms with Crippen molar-refractivity contribution in [2.24, 2.45) is 17.8 Å². The Morgan fingerprint density at radius 2 is 1.67 bits per heavy atom. The first-order chi connectivity index (χ1) is 7.13. The van der Waals surface area contributed by atoms with Crippen LogP contribution in [-0.2, 0) is 4.79 Å². The lowest BCUT2D eigenvalue weighted by Gasteiger charge is -2.27. The van der Waals surface area contributed by atoms with Crippen molar-refractivity contribution < 1.29 is 4.79 Å². The fraction of sp³-hybridized carbons (Fsp3) is 0.929. The summed E-state index contributed by atoms with van der Waals surface area (Å²) in [5.41, 5.74) is 0. The molecule has 0 amide bonds. The van der Waals surface area contributed by atoms with Gasteiger partial charge in [-0.05, 0) is 18.3 Å². The molecule has 1 saturated carbocycles. The standard InChI is InChI=1S/C14H26O/c1-4-12-5-7-13(8-6-12)9-10-14(15)11(2)3/h11-13H,4-10H2,1-3H3. The van der Waals surface area contributed by atoms with Gasteiger partial charge in [0.1, 0.15) is 5.78 Å². The van der Waals surface area contributed by atoms with E-state index >= 15 is 0 Å². The van der Waals surface area contributed by atoms with Gasteiger partial charge in [-0.1, -0.05) is 52.9 Å². The SMILES string of the molecule is CCC1CCC(CCC(=O)C(C)C)CC1. The van der Waals surface area contributed by atoms with E-state index in [4.69, 9.17) is 0 Å². The molecule has 88 valence electrons. The predicted octanol–water partition coefficient (Wildman–Crippen LogP) is 4.21. The Bertz CT molecular complexity index is 188. The molecule has 15 heavy (non-hydrogen) atoms. The molecule has 1 nitrogen and oxygen atoms in total. The molecule has 0 aromatic carbocycles. The van der Waals surface area contributed by atoms with Gasteiger partial charge in [-0.15, -0.1) is 0 Å². The van der Waals surface area contributed by atoms with Crippen molar-refractivity contribution >= 4 is 5.78 Å². The summed E-state index contributed by atoms with van der Waals surface area (Å²) in [7, 11) is 0. The highest BCUT2D eigenvalue weighted by molar-refractivity contribution is 5.80. The maximum atomic E-state index is 11.5. The summed E-state index contributed by atoms with van der Waals surface area (Å²) in [5, 5.41) is 0. The molecular formula is C14H26O. The molecule has 0 bridgehead atoms. The Hall–Kier alpha value is -0.330. The van der Waals surface area contributed by atoms with Gasteiger partial charge in [-0.25, -0.2) is 0 Å². The minimum atomic E-state index is 0.233. The number of rotatable bonds is 5. The fourth-order valence-electron chi connectivity index (χ4n) is 2.56. The monoisotopic (exact) mass is 210 g/mol. The molecular weight excluding hydrogens is 184 g/mol. The Kier molecular flexibility index (Phi) is 5.35. The summed E-state index contributed by atoms with van der Waals surface area (Å²) >= 11 is 0. The van der Waals surface area contributed by atoms with Crippen LogP contribution in [0.3, 0.4) is 0 Å². The summed E-state index contributed by atoms with van der Waals surface area (Å²) in [5.74, 6) is 2.50. The smallest absolute Gasteiger partial charge is 0.135 e. The van der Waals surface area contributed by atoms with E-state index in [9.17, 15) is 4.79 Å². The van der Waals surface area contributed by atoms with E-state index in [2.05, 4.69) is 6.92 Å². The molecule has 0 unspecified atom stereocenters. The van der Waals surface area contributed by atoms with Gasteiger partial charge in [0.15, 0.2) is 0 Å². The summed E-state index contributed by atoms with van der Waals surface area (Å²) < 4.78 is 0. The normalized spacial score (nSPS) is 26.9. The maximum Gasteiger partial charge on any atom is 0.135 e. The van der Waals surface area contributed by atoms with Crippen LogP contribution in [0.5, 0.6) is 0 Å². The van der Waals surface area contributed by atoms with E-state index < -0.39 is 0 Å². The number of carbonyl (C=O) groups excluding carboxylic acids is 1. The first kappa shape index (κ1) is 12.7. The van der Waals surface area contributed by atoms with Gasteiger partial charge in [-0.2, -0.15) is 0 Å². The lowest BCUT2D eigenvalue weighted by Crippen LogP contribution is -2.16. The van der Waals surface area contributed by atoms with Crippen molar-refractivity contribution in [2.75, 3.05) is 0 Å². The first-order valence-corrected chi connectivity index (χ1v) is 6.66. The average molecular weight is 210 g/mol. The van der Waals surface area contributed by atoms with Crippen molar-refractivity contribution in [2.45, 2.75) is 65.7 Å². The Morgan fingerprint density at radius 3 is 2.13 bits per heavy atom. The number of ketones is 1. The van der Waals surface area contributed by atoms with Crippen molar-refractivity contribution in [3.63, 3.8) is 0 Å². The van der Waals surface area contributed by atoms with Crippen LogP contribution < -0.4 is 0 Å². The molecule has 1 heteroatoms. The summed E-state index contributed by atoms with van der Waals surface area (Å²) in [6.07, 6.45) is 8.84. The third kappa shape index (κ3) is 4.36. The van der Waals surface area contributed by atoms with Gasteiger partial charge < -0.3 is 0 Å². The molecule has 0 spiro atoms. The second kappa shape index (κ2) is 6.30. The number of carbonyl (C=O) groups is 1. The second-order valence-corrected chi connectivity index (χ2v) is 5.45. The van der Waals surface area contributed by atoms with Gasteiger partial charge >= 0.3 is 0 Å². The highest BCUT2D eigenvalue weighted by Crippen LogP contribution is 2.33. The molecule has 0 aromatic heterocycles. The van der Waals surface area contributed by atoms with E-state index in [1.807, 2.05) is 13.8 Å². The zero-order valence-corrected chi connectivity index (χ0v) is 10.6. The maximum absolute atomic E-state index is 11.5. The molecule has 0 aromatic rings.